The van der Waals surface area contributed by atoms with Gasteiger partial charge < -0.3 is 15.7 Å². The molecular weight excluding hydrogens is 234 g/mol. The number of nitrogen functional groups attached to an aromatic ring is 1. The van der Waals surface area contributed by atoms with E-state index in [9.17, 15) is 0 Å². The van der Waals surface area contributed by atoms with Gasteiger partial charge in [-0.3, -0.25) is 4.98 Å². The van der Waals surface area contributed by atoms with Gasteiger partial charge in [0.1, 0.15) is 0 Å². The number of nitrogens with zero attached hydrogens (tertiary/aromatic N) is 2. The van der Waals surface area contributed by atoms with Gasteiger partial charge in [0.05, 0.1) is 28.1 Å². The fraction of sp³-hybridized carbons (Fsp3) is 0.375. The number of β-amino-alcohol motifs (C(OH)–C–C–N with tert-alkyl or cyclic N) is 1. The maximum Gasteiger partial charge on any atom is 0.0889 e. The van der Waals surface area contributed by atoms with Gasteiger partial charge in [0, 0.05) is 19.3 Å². The number of aromatic nitrogens is 1. The van der Waals surface area contributed by atoms with E-state index in [4.69, 9.17) is 10.8 Å². The molecule has 0 radical (unpaired) electrons. The molecule has 0 amide bonds. The van der Waals surface area contributed by atoms with Crippen LogP contribution in [0.1, 0.15) is 0 Å². The summed E-state index contributed by atoms with van der Waals surface area (Å²) in [5, 5.41) is 9.15. The van der Waals surface area contributed by atoms with Crippen LogP contribution in [0.4, 0.5) is 11.4 Å². The Labute approximate surface area is 84.5 Å². The summed E-state index contributed by atoms with van der Waals surface area (Å²) in [4.78, 5) is 5.96. The van der Waals surface area contributed by atoms with Crippen LogP contribution in [0, 0.1) is 0 Å². The summed E-state index contributed by atoms with van der Waals surface area (Å²) in [7, 11) is 0. The Balaban J connectivity index is 2.29. The van der Waals surface area contributed by atoms with Gasteiger partial charge >= 0.3 is 0 Å². The predicted molar refractivity (Wildman–Crippen MR) is 54.6 cm³/mol. The van der Waals surface area contributed by atoms with E-state index in [-0.39, 0.29) is 6.10 Å². The van der Waals surface area contributed by atoms with Crippen molar-refractivity contribution in [1.29, 1.82) is 0 Å². The number of aliphatic hydroxyl groups excluding tert-OH is 1. The summed E-state index contributed by atoms with van der Waals surface area (Å²) in [5.74, 6) is 0. The molecule has 1 saturated heterocycles. The quantitative estimate of drug-likeness (QED) is 0.759. The number of anilines is 2. The molecule has 0 spiro atoms. The predicted octanol–water partition coefficient (Wildman–Crippen LogP) is 0.607. The monoisotopic (exact) mass is 243 g/mol. The normalized spacial score (nSPS) is 17.2. The molecule has 0 bridgehead atoms. The molecule has 1 aliphatic rings. The molecule has 1 fully saturated rings. The summed E-state index contributed by atoms with van der Waals surface area (Å²) < 4.78 is 0.874. The summed E-state index contributed by atoms with van der Waals surface area (Å²) in [5.41, 5.74) is 7.33. The Bertz CT molecular complexity index is 305. The zero-order valence-electron chi connectivity index (χ0n) is 6.94. The van der Waals surface area contributed by atoms with E-state index in [2.05, 4.69) is 20.9 Å². The lowest BCUT2D eigenvalue weighted by Gasteiger charge is -2.38. The molecule has 1 aliphatic heterocycles. The van der Waals surface area contributed by atoms with Crippen LogP contribution in [-0.4, -0.2) is 29.3 Å². The first-order chi connectivity index (χ1) is 6.18. The van der Waals surface area contributed by atoms with Crippen molar-refractivity contribution in [2.45, 2.75) is 6.10 Å². The van der Waals surface area contributed by atoms with Crippen LogP contribution in [0.25, 0.3) is 0 Å². The third-order valence-electron chi connectivity index (χ3n) is 2.08. The molecule has 0 saturated carbocycles. The molecule has 2 heterocycles. The van der Waals surface area contributed by atoms with Crippen molar-refractivity contribution in [1.82, 2.24) is 4.98 Å². The molecule has 13 heavy (non-hydrogen) atoms. The Morgan fingerprint density at radius 3 is 2.77 bits per heavy atom. The van der Waals surface area contributed by atoms with Crippen molar-refractivity contribution in [3.05, 3.63) is 16.9 Å². The minimum absolute atomic E-state index is 0.223. The highest BCUT2D eigenvalue weighted by atomic mass is 79.9. The van der Waals surface area contributed by atoms with Crippen molar-refractivity contribution < 1.29 is 5.11 Å². The first-order valence-corrected chi connectivity index (χ1v) is 4.80. The van der Waals surface area contributed by atoms with Gasteiger partial charge in [-0.05, 0) is 15.9 Å². The van der Waals surface area contributed by atoms with Crippen LogP contribution in [-0.2, 0) is 0 Å². The zero-order valence-corrected chi connectivity index (χ0v) is 8.53. The van der Waals surface area contributed by atoms with Crippen molar-refractivity contribution in [2.24, 2.45) is 0 Å². The Hall–Kier alpha value is -0.810. The van der Waals surface area contributed by atoms with Crippen molar-refractivity contribution in [3.8, 4) is 0 Å². The first-order valence-electron chi connectivity index (χ1n) is 4.00. The summed E-state index contributed by atoms with van der Waals surface area (Å²) in [6.07, 6.45) is 3.10. The molecule has 0 atom stereocenters. The standard InChI is InChI=1S/C8H10BrN3O/c9-6-1-11-2-7(10)8(6)12-3-5(13)4-12/h1-2,5,13H,3-4,10H2. The van der Waals surface area contributed by atoms with E-state index in [1.54, 1.807) is 12.4 Å². The number of rotatable bonds is 1. The van der Waals surface area contributed by atoms with Crippen LogP contribution in [0.2, 0.25) is 0 Å². The fourth-order valence-corrected chi connectivity index (χ4v) is 2.01. The fourth-order valence-electron chi connectivity index (χ4n) is 1.41. The van der Waals surface area contributed by atoms with E-state index in [0.29, 0.717) is 18.8 Å². The molecular formula is C8H10BrN3O. The Morgan fingerprint density at radius 2 is 2.23 bits per heavy atom. The molecule has 70 valence electrons. The van der Waals surface area contributed by atoms with Crippen LogP contribution in [0.3, 0.4) is 0 Å². The minimum Gasteiger partial charge on any atom is -0.396 e. The SMILES string of the molecule is Nc1cncc(Br)c1N1CC(O)C1. The second kappa shape index (κ2) is 3.16. The molecule has 2 rings (SSSR count). The largest absolute Gasteiger partial charge is 0.396 e. The highest BCUT2D eigenvalue weighted by Crippen LogP contribution is 2.33. The first kappa shape index (κ1) is 8.77. The lowest BCUT2D eigenvalue weighted by atomic mass is 10.1. The molecule has 3 N–H and O–H groups in total. The highest BCUT2D eigenvalue weighted by Gasteiger charge is 2.27. The molecule has 0 unspecified atom stereocenters. The van der Waals surface area contributed by atoms with Crippen molar-refractivity contribution in [3.63, 3.8) is 0 Å². The average Bonchev–Trinajstić information content (AvgIpc) is 2.00. The van der Waals surface area contributed by atoms with Crippen LogP contribution < -0.4 is 10.6 Å². The van der Waals surface area contributed by atoms with Gasteiger partial charge in [0.2, 0.25) is 0 Å². The van der Waals surface area contributed by atoms with Gasteiger partial charge in [-0.1, -0.05) is 0 Å². The number of nitrogens with two attached hydrogens (primary N) is 1. The van der Waals surface area contributed by atoms with E-state index in [1.807, 2.05) is 4.90 Å². The maximum absolute atomic E-state index is 9.15. The molecule has 0 aromatic carbocycles. The lowest BCUT2D eigenvalue weighted by Crippen LogP contribution is -2.51. The van der Waals surface area contributed by atoms with Gasteiger partial charge in [0.25, 0.3) is 0 Å². The lowest BCUT2D eigenvalue weighted by molar-refractivity contribution is 0.142. The Kier molecular flexibility index (Phi) is 2.13. The number of hydrogen-bond donors (Lipinski definition) is 2. The van der Waals surface area contributed by atoms with Crippen molar-refractivity contribution in [2.75, 3.05) is 23.7 Å². The van der Waals surface area contributed by atoms with E-state index in [1.165, 1.54) is 0 Å². The molecule has 4 nitrogen and oxygen atoms in total. The van der Waals surface area contributed by atoms with E-state index in [0.717, 1.165) is 10.2 Å². The second-order valence-corrected chi connectivity index (χ2v) is 3.97. The Morgan fingerprint density at radius 1 is 1.54 bits per heavy atom. The average molecular weight is 244 g/mol. The summed E-state index contributed by atoms with van der Waals surface area (Å²) >= 11 is 3.38. The molecule has 1 aromatic rings. The van der Waals surface area contributed by atoms with Gasteiger partial charge in [-0.15, -0.1) is 0 Å². The smallest absolute Gasteiger partial charge is 0.0889 e. The number of aliphatic hydroxyl groups is 1. The van der Waals surface area contributed by atoms with Crippen LogP contribution in [0.5, 0.6) is 0 Å². The van der Waals surface area contributed by atoms with Crippen molar-refractivity contribution >= 4 is 27.3 Å². The van der Waals surface area contributed by atoms with Gasteiger partial charge in [-0.25, -0.2) is 0 Å². The number of pyridine rings is 1. The molecule has 1 aromatic heterocycles. The maximum atomic E-state index is 9.15. The number of halogens is 1. The molecule has 0 aliphatic carbocycles. The zero-order chi connectivity index (χ0) is 9.42. The van der Waals surface area contributed by atoms with Crippen LogP contribution >= 0.6 is 15.9 Å². The highest BCUT2D eigenvalue weighted by molar-refractivity contribution is 9.10. The number of hydrogen-bond acceptors (Lipinski definition) is 4. The van der Waals surface area contributed by atoms with Crippen LogP contribution in [0.15, 0.2) is 16.9 Å². The van der Waals surface area contributed by atoms with E-state index < -0.39 is 0 Å². The topological polar surface area (TPSA) is 62.4 Å². The van der Waals surface area contributed by atoms with Gasteiger partial charge in [0.15, 0.2) is 0 Å². The third kappa shape index (κ3) is 1.49. The second-order valence-electron chi connectivity index (χ2n) is 3.12. The van der Waals surface area contributed by atoms with E-state index >= 15 is 0 Å². The molecule has 5 heteroatoms. The third-order valence-corrected chi connectivity index (χ3v) is 2.66. The van der Waals surface area contributed by atoms with Gasteiger partial charge in [-0.2, -0.15) is 0 Å². The summed E-state index contributed by atoms with van der Waals surface area (Å²) in [6.45, 7) is 1.29. The summed E-state index contributed by atoms with van der Waals surface area (Å²) in [6, 6.07) is 0. The minimum atomic E-state index is -0.223.